The minimum Gasteiger partial charge on any atom is -0.378 e. The molecule has 30 heavy (non-hydrogen) atoms. The molecule has 3 rings (SSSR count). The number of ether oxygens (including phenoxy) is 1. The number of quaternary nitrogens is 1. The maximum atomic E-state index is 12.3. The van der Waals surface area contributed by atoms with Crippen LogP contribution in [-0.2, 0) is 17.1 Å². The van der Waals surface area contributed by atoms with Crippen molar-refractivity contribution in [2.75, 3.05) is 45.2 Å². The number of anilines is 1. The van der Waals surface area contributed by atoms with Gasteiger partial charge in [0.15, 0.2) is 5.16 Å². The third kappa shape index (κ3) is 6.42. The average molecular weight is 431 g/mol. The molecule has 1 amide bonds. The Bertz CT molecular complexity index is 853. The molecule has 1 aliphatic rings. The van der Waals surface area contributed by atoms with Crippen LogP contribution in [0.1, 0.15) is 35.5 Å². The zero-order chi connectivity index (χ0) is 21.5. The fraction of sp³-hybridized carbons (Fsp3) is 0.500. The molecule has 0 bridgehead atoms. The molecular weight excluding hydrogens is 398 g/mol. The van der Waals surface area contributed by atoms with Gasteiger partial charge in [0.1, 0.15) is 5.82 Å². The summed E-state index contributed by atoms with van der Waals surface area (Å²) in [6.07, 6.45) is 0. The van der Waals surface area contributed by atoms with Crippen LogP contribution in [0.25, 0.3) is 0 Å². The van der Waals surface area contributed by atoms with Crippen LogP contribution < -0.4 is 15.1 Å². The van der Waals surface area contributed by atoms with Crippen LogP contribution in [0, 0.1) is 0 Å². The minimum absolute atomic E-state index is 0.0466. The molecule has 8 heteroatoms. The van der Waals surface area contributed by atoms with Crippen molar-refractivity contribution in [3.63, 3.8) is 0 Å². The van der Waals surface area contributed by atoms with E-state index in [1.165, 1.54) is 0 Å². The quantitative estimate of drug-likeness (QED) is 0.487. The van der Waals surface area contributed by atoms with Crippen molar-refractivity contribution in [1.29, 1.82) is 0 Å². The summed E-state index contributed by atoms with van der Waals surface area (Å²) in [6, 6.07) is 9.88. The molecule has 1 aliphatic heterocycles. The molecule has 1 aromatic heterocycles. The van der Waals surface area contributed by atoms with Gasteiger partial charge >= 0.3 is 0 Å². The lowest BCUT2D eigenvalue weighted by Gasteiger charge is -2.31. The van der Waals surface area contributed by atoms with Gasteiger partial charge in [0, 0.05) is 30.5 Å². The Kier molecular flexibility index (Phi) is 8.07. The number of thioether (sulfide) groups is 1. The Morgan fingerprint density at radius 3 is 2.73 bits per heavy atom. The fourth-order valence-corrected chi connectivity index (χ4v) is 4.14. The van der Waals surface area contributed by atoms with Gasteiger partial charge in [0.25, 0.3) is 5.91 Å². The third-order valence-electron chi connectivity index (χ3n) is 4.96. The molecule has 0 saturated carbocycles. The minimum atomic E-state index is -0.0466. The van der Waals surface area contributed by atoms with E-state index >= 15 is 0 Å². The SMILES string of the molecule is COCc1cc(N2CC[NH+](C)CC2)nc(SCc2cccc(C(=O)NC(C)C)c2)n1. The summed E-state index contributed by atoms with van der Waals surface area (Å²) in [5.41, 5.74) is 2.64. The molecule has 1 aromatic carbocycles. The van der Waals surface area contributed by atoms with Crippen LogP contribution >= 0.6 is 11.8 Å². The molecule has 1 saturated heterocycles. The highest BCUT2D eigenvalue weighted by molar-refractivity contribution is 7.98. The van der Waals surface area contributed by atoms with E-state index in [9.17, 15) is 4.79 Å². The molecule has 1 fully saturated rings. The number of likely N-dealkylation sites (N-methyl/N-ethyl adjacent to an activating group) is 1. The fourth-order valence-electron chi connectivity index (χ4n) is 3.32. The lowest BCUT2D eigenvalue weighted by atomic mass is 10.1. The molecule has 2 aromatic rings. The van der Waals surface area contributed by atoms with E-state index in [0.29, 0.717) is 17.9 Å². The first-order valence-corrected chi connectivity index (χ1v) is 11.4. The highest BCUT2D eigenvalue weighted by atomic mass is 32.2. The number of piperazine rings is 1. The van der Waals surface area contributed by atoms with Gasteiger partial charge in [0.05, 0.1) is 45.5 Å². The van der Waals surface area contributed by atoms with Gasteiger partial charge in [-0.25, -0.2) is 9.97 Å². The molecule has 0 aliphatic carbocycles. The number of benzene rings is 1. The Hall–Kier alpha value is -2.16. The van der Waals surface area contributed by atoms with Crippen molar-refractivity contribution >= 4 is 23.5 Å². The Morgan fingerprint density at radius 2 is 2.03 bits per heavy atom. The second kappa shape index (κ2) is 10.7. The number of nitrogens with zero attached hydrogens (tertiary/aromatic N) is 3. The monoisotopic (exact) mass is 430 g/mol. The molecule has 0 radical (unpaired) electrons. The summed E-state index contributed by atoms with van der Waals surface area (Å²) in [5.74, 6) is 1.62. The van der Waals surface area contributed by atoms with Crippen molar-refractivity contribution in [3.05, 3.63) is 47.2 Å². The molecule has 2 heterocycles. The van der Waals surface area contributed by atoms with Crippen LogP contribution in [0.15, 0.2) is 35.5 Å². The van der Waals surface area contributed by atoms with Crippen molar-refractivity contribution in [2.45, 2.75) is 37.4 Å². The van der Waals surface area contributed by atoms with Crippen molar-refractivity contribution in [2.24, 2.45) is 0 Å². The number of nitrogens with one attached hydrogen (secondary N) is 2. The number of methoxy groups -OCH3 is 1. The normalized spacial score (nSPS) is 14.9. The van der Waals surface area contributed by atoms with Crippen LogP contribution in [-0.4, -0.2) is 62.3 Å². The summed E-state index contributed by atoms with van der Waals surface area (Å²) < 4.78 is 5.31. The second-order valence-electron chi connectivity index (χ2n) is 7.99. The largest absolute Gasteiger partial charge is 0.378 e. The number of aromatic nitrogens is 2. The summed E-state index contributed by atoms with van der Waals surface area (Å²) >= 11 is 1.59. The lowest BCUT2D eigenvalue weighted by Crippen LogP contribution is -3.12. The van der Waals surface area contributed by atoms with Gasteiger partial charge in [-0.1, -0.05) is 23.9 Å². The first kappa shape index (κ1) is 22.5. The van der Waals surface area contributed by atoms with Gasteiger partial charge in [-0.15, -0.1) is 0 Å². The zero-order valence-corrected chi connectivity index (χ0v) is 19.1. The number of carbonyl (C=O) groups is 1. The third-order valence-corrected chi connectivity index (χ3v) is 5.87. The maximum Gasteiger partial charge on any atom is 0.251 e. The predicted molar refractivity (Wildman–Crippen MR) is 120 cm³/mol. The first-order valence-electron chi connectivity index (χ1n) is 10.4. The van der Waals surface area contributed by atoms with E-state index in [1.807, 2.05) is 44.2 Å². The Balaban J connectivity index is 1.72. The molecule has 2 N–H and O–H groups in total. The predicted octanol–water partition coefficient (Wildman–Crippen LogP) is 1.39. The second-order valence-corrected chi connectivity index (χ2v) is 8.94. The number of rotatable bonds is 8. The lowest BCUT2D eigenvalue weighted by molar-refractivity contribution is -0.880. The van der Waals surface area contributed by atoms with Crippen molar-refractivity contribution < 1.29 is 14.4 Å². The molecule has 7 nitrogen and oxygen atoms in total. The van der Waals surface area contributed by atoms with E-state index in [4.69, 9.17) is 9.72 Å². The number of amides is 1. The smallest absolute Gasteiger partial charge is 0.251 e. The Morgan fingerprint density at radius 1 is 1.27 bits per heavy atom. The van der Waals surface area contributed by atoms with Gasteiger partial charge in [-0.3, -0.25) is 4.79 Å². The highest BCUT2D eigenvalue weighted by Crippen LogP contribution is 2.24. The van der Waals surface area contributed by atoms with E-state index in [-0.39, 0.29) is 11.9 Å². The summed E-state index contributed by atoms with van der Waals surface area (Å²) in [5, 5.41) is 3.68. The van der Waals surface area contributed by atoms with Gasteiger partial charge in [-0.2, -0.15) is 0 Å². The Labute approximate surface area is 183 Å². The number of hydrogen-bond acceptors (Lipinski definition) is 6. The number of carbonyl (C=O) groups excluding carboxylic acids is 1. The highest BCUT2D eigenvalue weighted by Gasteiger charge is 2.19. The van der Waals surface area contributed by atoms with Gasteiger partial charge < -0.3 is 19.9 Å². The topological polar surface area (TPSA) is 71.8 Å². The van der Waals surface area contributed by atoms with E-state index in [1.54, 1.807) is 23.8 Å². The number of hydrogen-bond donors (Lipinski definition) is 2. The summed E-state index contributed by atoms with van der Waals surface area (Å²) in [6.45, 7) is 8.59. The van der Waals surface area contributed by atoms with E-state index < -0.39 is 0 Å². The van der Waals surface area contributed by atoms with Crippen LogP contribution in [0.4, 0.5) is 5.82 Å². The average Bonchev–Trinajstić information content (AvgIpc) is 2.72. The van der Waals surface area contributed by atoms with E-state index in [0.717, 1.165) is 48.4 Å². The zero-order valence-electron chi connectivity index (χ0n) is 18.3. The van der Waals surface area contributed by atoms with Crippen LogP contribution in [0.5, 0.6) is 0 Å². The van der Waals surface area contributed by atoms with Crippen LogP contribution in [0.3, 0.4) is 0 Å². The first-order chi connectivity index (χ1) is 14.4. The molecule has 0 spiro atoms. The standard InChI is InChI=1S/C22H31N5O2S/c1-16(2)23-21(28)18-7-5-6-17(12-18)15-30-22-24-19(14-29-4)13-20(25-22)27-10-8-26(3)9-11-27/h5-7,12-13,16H,8-11,14-15H2,1-4H3,(H,23,28)/p+1. The summed E-state index contributed by atoms with van der Waals surface area (Å²) in [7, 11) is 3.91. The van der Waals surface area contributed by atoms with Gasteiger partial charge in [0.2, 0.25) is 0 Å². The van der Waals surface area contributed by atoms with E-state index in [2.05, 4.69) is 22.2 Å². The molecule has 162 valence electrons. The molecular formula is C22H32N5O2S+. The van der Waals surface area contributed by atoms with Gasteiger partial charge in [-0.05, 0) is 31.5 Å². The maximum absolute atomic E-state index is 12.3. The van der Waals surface area contributed by atoms with Crippen LogP contribution in [0.2, 0.25) is 0 Å². The molecule has 0 atom stereocenters. The van der Waals surface area contributed by atoms with Crippen molar-refractivity contribution in [1.82, 2.24) is 15.3 Å². The van der Waals surface area contributed by atoms with Crippen molar-refractivity contribution in [3.8, 4) is 0 Å². The molecule has 0 unspecified atom stereocenters. The summed E-state index contributed by atoms with van der Waals surface area (Å²) in [4.78, 5) is 25.6.